The van der Waals surface area contributed by atoms with Crippen molar-refractivity contribution in [1.29, 1.82) is 0 Å². The average molecular weight is 397 g/mol. The molecule has 7 atom stereocenters. The minimum absolute atomic E-state index is 0.103. The third kappa shape index (κ3) is 3.40. The summed E-state index contributed by atoms with van der Waals surface area (Å²) in [6.07, 6.45) is 16.4. The summed E-state index contributed by atoms with van der Waals surface area (Å²) in [6.45, 7) is 16.2. The van der Waals surface area contributed by atoms with Crippen LogP contribution in [0.25, 0.3) is 0 Å². The van der Waals surface area contributed by atoms with E-state index >= 15 is 0 Å². The number of allylic oxidation sites excluding steroid dienone is 5. The highest BCUT2D eigenvalue weighted by atomic mass is 16.3. The lowest BCUT2D eigenvalue weighted by Gasteiger charge is -2.55. The van der Waals surface area contributed by atoms with Crippen LogP contribution in [0.2, 0.25) is 0 Å². The summed E-state index contributed by atoms with van der Waals surface area (Å²) >= 11 is 0. The molecule has 162 valence electrons. The third-order valence-electron chi connectivity index (χ3n) is 10.1. The molecule has 4 aliphatic rings. The van der Waals surface area contributed by atoms with E-state index in [1.807, 2.05) is 0 Å². The van der Waals surface area contributed by atoms with Crippen LogP contribution in [0.1, 0.15) is 92.4 Å². The Morgan fingerprint density at radius 2 is 1.97 bits per heavy atom. The zero-order chi connectivity index (χ0) is 21.0. The largest absolute Gasteiger partial charge is 0.393 e. The van der Waals surface area contributed by atoms with Crippen LogP contribution in [0, 0.1) is 40.4 Å². The van der Waals surface area contributed by atoms with Gasteiger partial charge in [0.2, 0.25) is 0 Å². The number of hydrogen-bond acceptors (Lipinski definition) is 1. The fourth-order valence-corrected chi connectivity index (χ4v) is 7.72. The average Bonchev–Trinajstić information content (AvgIpc) is 3.01. The molecule has 7 unspecified atom stereocenters. The van der Waals surface area contributed by atoms with Crippen LogP contribution in [0.4, 0.5) is 0 Å². The first kappa shape index (κ1) is 21.4. The molecular weight excluding hydrogens is 352 g/mol. The number of rotatable bonds is 5. The zero-order valence-corrected chi connectivity index (χ0v) is 19.6. The van der Waals surface area contributed by atoms with Crippen molar-refractivity contribution in [3.05, 3.63) is 35.5 Å². The number of fused-ring (bicyclic) bond motifs is 5. The van der Waals surface area contributed by atoms with Gasteiger partial charge in [0.1, 0.15) is 0 Å². The van der Waals surface area contributed by atoms with Crippen molar-refractivity contribution in [2.24, 2.45) is 40.4 Å². The van der Waals surface area contributed by atoms with Crippen molar-refractivity contribution in [3.8, 4) is 0 Å². The molecule has 0 aromatic carbocycles. The summed E-state index contributed by atoms with van der Waals surface area (Å²) < 4.78 is 0. The Morgan fingerprint density at radius 1 is 1.21 bits per heavy atom. The lowest BCUT2D eigenvalue weighted by molar-refractivity contribution is -0.0202. The quantitative estimate of drug-likeness (QED) is 0.478. The fourth-order valence-electron chi connectivity index (χ4n) is 7.72. The van der Waals surface area contributed by atoms with Crippen molar-refractivity contribution < 1.29 is 5.11 Å². The molecule has 0 saturated heterocycles. The number of hydrogen-bond donors (Lipinski definition) is 1. The van der Waals surface area contributed by atoms with Gasteiger partial charge in [-0.15, -0.1) is 0 Å². The first-order valence-corrected chi connectivity index (χ1v) is 12.4. The number of aliphatic hydroxyl groups excluding tert-OH is 1. The van der Waals surface area contributed by atoms with Crippen LogP contribution in [0.15, 0.2) is 35.5 Å². The van der Waals surface area contributed by atoms with Gasteiger partial charge in [-0.25, -0.2) is 0 Å². The molecule has 0 heterocycles. The molecule has 2 saturated carbocycles. The smallest absolute Gasteiger partial charge is 0.0569 e. The van der Waals surface area contributed by atoms with Gasteiger partial charge in [0.25, 0.3) is 0 Å². The van der Waals surface area contributed by atoms with Gasteiger partial charge in [0.05, 0.1) is 6.10 Å². The highest BCUT2D eigenvalue weighted by molar-refractivity contribution is 5.46. The molecule has 1 N–H and O–H groups in total. The predicted octanol–water partition coefficient (Wildman–Crippen LogP) is 7.47. The Labute approximate surface area is 179 Å². The molecular formula is C28H44O. The highest BCUT2D eigenvalue weighted by Gasteiger charge is 2.55. The van der Waals surface area contributed by atoms with Gasteiger partial charge in [0.15, 0.2) is 0 Å². The maximum Gasteiger partial charge on any atom is 0.0569 e. The SMILES string of the molecule is C=C(CCCC1CCC2C3=CCC4C(C)C(O)CCC4(C)C3=CCC12C)C(C)C. The molecule has 0 amide bonds. The summed E-state index contributed by atoms with van der Waals surface area (Å²) in [5.41, 5.74) is 5.58. The van der Waals surface area contributed by atoms with Crippen LogP contribution in [0.5, 0.6) is 0 Å². The lowest BCUT2D eigenvalue weighted by Crippen LogP contribution is -2.48. The van der Waals surface area contributed by atoms with E-state index in [1.54, 1.807) is 11.1 Å². The third-order valence-corrected chi connectivity index (χ3v) is 10.1. The standard InChI is InChI=1S/C28H44O/c1-18(2)19(3)8-7-9-21-10-12-24-22-11-13-23-20(4)26(29)15-17-28(23,6)25(22)14-16-27(21,24)5/h11,14,18,20-21,23-24,26,29H,3,7-10,12-13,15-17H2,1-2,4-6H3. The van der Waals surface area contributed by atoms with Crippen LogP contribution in [-0.2, 0) is 0 Å². The van der Waals surface area contributed by atoms with Gasteiger partial charge in [-0.1, -0.05) is 58.9 Å². The molecule has 0 aliphatic heterocycles. The van der Waals surface area contributed by atoms with Gasteiger partial charge < -0.3 is 5.11 Å². The maximum absolute atomic E-state index is 10.5. The van der Waals surface area contributed by atoms with Crippen LogP contribution in [-0.4, -0.2) is 11.2 Å². The monoisotopic (exact) mass is 396 g/mol. The zero-order valence-electron chi connectivity index (χ0n) is 19.6. The van der Waals surface area contributed by atoms with E-state index in [1.165, 1.54) is 50.5 Å². The molecule has 1 heteroatoms. The van der Waals surface area contributed by atoms with Crippen molar-refractivity contribution in [2.45, 2.75) is 98.5 Å². The van der Waals surface area contributed by atoms with Crippen molar-refractivity contribution >= 4 is 0 Å². The molecule has 2 fully saturated rings. The normalized spacial score (nSPS) is 43.9. The first-order chi connectivity index (χ1) is 13.7. The molecule has 0 radical (unpaired) electrons. The van der Waals surface area contributed by atoms with E-state index in [-0.39, 0.29) is 11.5 Å². The van der Waals surface area contributed by atoms with E-state index in [0.29, 0.717) is 23.2 Å². The molecule has 0 aromatic heterocycles. The minimum atomic E-state index is -0.103. The Kier molecular flexibility index (Phi) is 5.69. The summed E-state index contributed by atoms with van der Waals surface area (Å²) in [4.78, 5) is 0. The van der Waals surface area contributed by atoms with E-state index in [2.05, 4.69) is 53.3 Å². The molecule has 29 heavy (non-hydrogen) atoms. The van der Waals surface area contributed by atoms with E-state index < -0.39 is 0 Å². The molecule has 0 aromatic rings. The summed E-state index contributed by atoms with van der Waals surface area (Å²) in [5, 5.41) is 10.5. The second kappa shape index (κ2) is 7.70. The van der Waals surface area contributed by atoms with Crippen molar-refractivity contribution in [2.75, 3.05) is 0 Å². The van der Waals surface area contributed by atoms with Crippen LogP contribution in [0.3, 0.4) is 0 Å². The minimum Gasteiger partial charge on any atom is -0.393 e. The molecule has 0 spiro atoms. The van der Waals surface area contributed by atoms with Gasteiger partial charge in [-0.05, 0) is 109 Å². The van der Waals surface area contributed by atoms with Crippen LogP contribution >= 0.6 is 0 Å². The van der Waals surface area contributed by atoms with E-state index in [0.717, 1.165) is 24.7 Å². The summed E-state index contributed by atoms with van der Waals surface area (Å²) in [5.74, 6) is 3.29. The molecule has 0 bridgehead atoms. The second-order valence-electron chi connectivity index (χ2n) is 11.7. The Morgan fingerprint density at radius 3 is 2.69 bits per heavy atom. The van der Waals surface area contributed by atoms with E-state index in [4.69, 9.17) is 0 Å². The van der Waals surface area contributed by atoms with Gasteiger partial charge in [-0.2, -0.15) is 0 Å². The van der Waals surface area contributed by atoms with Crippen molar-refractivity contribution in [3.63, 3.8) is 0 Å². The summed E-state index contributed by atoms with van der Waals surface area (Å²) in [7, 11) is 0. The van der Waals surface area contributed by atoms with Gasteiger partial charge in [0, 0.05) is 0 Å². The maximum atomic E-state index is 10.5. The van der Waals surface area contributed by atoms with Gasteiger partial charge in [-0.3, -0.25) is 0 Å². The highest BCUT2D eigenvalue weighted by Crippen LogP contribution is 2.64. The fraction of sp³-hybridized carbons (Fsp3) is 0.786. The Balaban J connectivity index is 1.52. The number of aliphatic hydroxyl groups is 1. The summed E-state index contributed by atoms with van der Waals surface area (Å²) in [6, 6.07) is 0. The Hall–Kier alpha value is -0.820. The van der Waals surface area contributed by atoms with Crippen molar-refractivity contribution in [1.82, 2.24) is 0 Å². The van der Waals surface area contributed by atoms with E-state index in [9.17, 15) is 5.11 Å². The topological polar surface area (TPSA) is 20.2 Å². The van der Waals surface area contributed by atoms with Gasteiger partial charge >= 0.3 is 0 Å². The van der Waals surface area contributed by atoms with Crippen LogP contribution < -0.4 is 0 Å². The lowest BCUT2D eigenvalue weighted by atomic mass is 9.50. The first-order valence-electron chi connectivity index (χ1n) is 12.4. The molecule has 4 rings (SSSR count). The molecule has 4 aliphatic carbocycles. The molecule has 1 nitrogen and oxygen atoms in total. The predicted molar refractivity (Wildman–Crippen MR) is 124 cm³/mol. The second-order valence-corrected chi connectivity index (χ2v) is 11.7. The Bertz CT molecular complexity index is 712.